The molecule has 1 aliphatic rings. The van der Waals surface area contributed by atoms with E-state index in [-0.39, 0.29) is 0 Å². The lowest BCUT2D eigenvalue weighted by atomic mass is 9.95. The fraction of sp³-hybridized carbons (Fsp3) is 0.333. The first-order valence-electron chi connectivity index (χ1n) is 7.44. The molecule has 2 nitrogen and oxygen atoms in total. The predicted molar refractivity (Wildman–Crippen MR) is 83.4 cm³/mol. The minimum Gasteiger partial charge on any atom is -0.330 e. The Bertz CT molecular complexity index is 550. The monoisotopic (exact) mass is 266 g/mol. The van der Waals surface area contributed by atoms with Gasteiger partial charge in [0.1, 0.15) is 0 Å². The van der Waals surface area contributed by atoms with Gasteiger partial charge in [-0.25, -0.2) is 0 Å². The van der Waals surface area contributed by atoms with E-state index in [1.807, 2.05) is 0 Å². The molecular weight excluding hydrogens is 244 g/mol. The normalized spacial score (nSPS) is 16.6. The van der Waals surface area contributed by atoms with E-state index in [2.05, 4.69) is 59.5 Å². The van der Waals surface area contributed by atoms with Crippen molar-refractivity contribution in [1.29, 1.82) is 0 Å². The van der Waals surface area contributed by atoms with E-state index >= 15 is 0 Å². The second kappa shape index (κ2) is 6.21. The lowest BCUT2D eigenvalue weighted by molar-refractivity contribution is 0.172. The van der Waals surface area contributed by atoms with E-state index in [1.165, 1.54) is 16.7 Å². The molecule has 20 heavy (non-hydrogen) atoms. The molecule has 1 aliphatic heterocycles. The highest BCUT2D eigenvalue weighted by atomic mass is 15.2. The van der Waals surface area contributed by atoms with Crippen molar-refractivity contribution in [1.82, 2.24) is 4.90 Å². The van der Waals surface area contributed by atoms with Crippen LogP contribution in [0.3, 0.4) is 0 Å². The van der Waals surface area contributed by atoms with Gasteiger partial charge in [0, 0.05) is 19.1 Å². The van der Waals surface area contributed by atoms with Gasteiger partial charge in [-0.3, -0.25) is 4.90 Å². The van der Waals surface area contributed by atoms with Crippen LogP contribution in [-0.4, -0.2) is 18.0 Å². The zero-order valence-electron chi connectivity index (χ0n) is 11.8. The van der Waals surface area contributed by atoms with Crippen LogP contribution in [0, 0.1) is 0 Å². The summed E-state index contributed by atoms with van der Waals surface area (Å²) >= 11 is 0. The van der Waals surface area contributed by atoms with Gasteiger partial charge in [-0.2, -0.15) is 0 Å². The highest BCUT2D eigenvalue weighted by Gasteiger charge is 2.23. The van der Waals surface area contributed by atoms with Crippen LogP contribution in [0.4, 0.5) is 0 Å². The highest BCUT2D eigenvalue weighted by molar-refractivity contribution is 5.30. The molecule has 1 unspecified atom stereocenters. The molecule has 0 amide bonds. The average molecular weight is 266 g/mol. The Labute approximate surface area is 121 Å². The van der Waals surface area contributed by atoms with Crippen LogP contribution in [0.2, 0.25) is 0 Å². The second-order valence-electron chi connectivity index (χ2n) is 5.49. The van der Waals surface area contributed by atoms with Gasteiger partial charge in [0.15, 0.2) is 0 Å². The molecule has 0 spiro atoms. The van der Waals surface area contributed by atoms with Crippen LogP contribution in [0.1, 0.15) is 29.2 Å². The topological polar surface area (TPSA) is 29.3 Å². The number of hydrogen-bond acceptors (Lipinski definition) is 2. The Morgan fingerprint density at radius 1 is 0.950 bits per heavy atom. The zero-order valence-corrected chi connectivity index (χ0v) is 11.8. The van der Waals surface area contributed by atoms with Crippen molar-refractivity contribution < 1.29 is 0 Å². The minimum absolute atomic E-state index is 0.439. The number of benzene rings is 2. The second-order valence-corrected chi connectivity index (χ2v) is 5.49. The van der Waals surface area contributed by atoms with Gasteiger partial charge < -0.3 is 5.73 Å². The summed E-state index contributed by atoms with van der Waals surface area (Å²) in [6.07, 6.45) is 2.16. The number of fused-ring (bicyclic) bond motifs is 1. The lowest BCUT2D eigenvalue weighted by Crippen LogP contribution is -2.35. The van der Waals surface area contributed by atoms with Crippen molar-refractivity contribution in [3.05, 3.63) is 71.3 Å². The van der Waals surface area contributed by atoms with E-state index < -0.39 is 0 Å². The van der Waals surface area contributed by atoms with E-state index in [1.54, 1.807) is 0 Å². The van der Waals surface area contributed by atoms with Crippen molar-refractivity contribution in [2.45, 2.75) is 25.4 Å². The summed E-state index contributed by atoms with van der Waals surface area (Å²) in [6, 6.07) is 20.0. The molecule has 0 saturated heterocycles. The van der Waals surface area contributed by atoms with Gasteiger partial charge in [-0.05, 0) is 36.1 Å². The van der Waals surface area contributed by atoms with Crippen molar-refractivity contribution in [2.24, 2.45) is 5.73 Å². The van der Waals surface area contributed by atoms with E-state index in [0.717, 1.165) is 32.5 Å². The summed E-state index contributed by atoms with van der Waals surface area (Å²) in [6.45, 7) is 2.89. The molecule has 0 aromatic heterocycles. The first kappa shape index (κ1) is 13.3. The van der Waals surface area contributed by atoms with Gasteiger partial charge in [0.05, 0.1) is 0 Å². The lowest BCUT2D eigenvalue weighted by Gasteiger charge is -2.36. The Hall–Kier alpha value is -1.64. The number of nitrogens with zero attached hydrogens (tertiary/aromatic N) is 1. The number of rotatable bonds is 4. The standard InChI is InChI=1S/C18H22N2/c19-12-10-18(16-7-2-1-3-8-16)20-13-11-15-6-4-5-9-17(15)14-20/h1-9,18H,10-14,19H2. The van der Waals surface area contributed by atoms with E-state index in [4.69, 9.17) is 5.73 Å². The van der Waals surface area contributed by atoms with Crippen LogP contribution in [0.5, 0.6) is 0 Å². The Balaban J connectivity index is 1.83. The third kappa shape index (κ3) is 2.77. The molecule has 0 bridgehead atoms. The Kier molecular flexibility index (Phi) is 4.14. The SMILES string of the molecule is NCCC(c1ccccc1)N1CCc2ccccc2C1. The van der Waals surface area contributed by atoms with Gasteiger partial charge >= 0.3 is 0 Å². The fourth-order valence-corrected chi connectivity index (χ4v) is 3.18. The van der Waals surface area contributed by atoms with Gasteiger partial charge in [-0.15, -0.1) is 0 Å². The number of hydrogen-bond donors (Lipinski definition) is 1. The largest absolute Gasteiger partial charge is 0.330 e. The maximum atomic E-state index is 5.84. The molecule has 104 valence electrons. The first-order chi connectivity index (χ1) is 9.88. The summed E-state index contributed by atoms with van der Waals surface area (Å²) in [7, 11) is 0. The van der Waals surface area contributed by atoms with Crippen LogP contribution >= 0.6 is 0 Å². The highest BCUT2D eigenvalue weighted by Crippen LogP contribution is 2.29. The maximum Gasteiger partial charge on any atom is 0.0363 e. The van der Waals surface area contributed by atoms with Crippen molar-refractivity contribution >= 4 is 0 Å². The molecule has 0 saturated carbocycles. The summed E-state index contributed by atoms with van der Waals surface area (Å²) in [4.78, 5) is 2.57. The maximum absolute atomic E-state index is 5.84. The molecule has 2 aromatic rings. The molecule has 0 fully saturated rings. The Morgan fingerprint density at radius 3 is 2.40 bits per heavy atom. The summed E-state index contributed by atoms with van der Waals surface area (Å²) in [5, 5.41) is 0. The van der Waals surface area contributed by atoms with Crippen molar-refractivity contribution in [3.63, 3.8) is 0 Å². The van der Waals surface area contributed by atoms with Crippen LogP contribution in [0.15, 0.2) is 54.6 Å². The summed E-state index contributed by atoms with van der Waals surface area (Å²) < 4.78 is 0. The third-order valence-corrected chi connectivity index (χ3v) is 4.23. The van der Waals surface area contributed by atoms with Crippen LogP contribution in [0.25, 0.3) is 0 Å². The molecule has 0 aliphatic carbocycles. The summed E-state index contributed by atoms with van der Waals surface area (Å²) in [5.74, 6) is 0. The van der Waals surface area contributed by atoms with Gasteiger partial charge in [0.2, 0.25) is 0 Å². The molecule has 1 atom stereocenters. The summed E-state index contributed by atoms with van der Waals surface area (Å²) in [5.41, 5.74) is 10.2. The van der Waals surface area contributed by atoms with Gasteiger partial charge in [0.25, 0.3) is 0 Å². The quantitative estimate of drug-likeness (QED) is 0.921. The van der Waals surface area contributed by atoms with Crippen LogP contribution < -0.4 is 5.73 Å². The van der Waals surface area contributed by atoms with Crippen molar-refractivity contribution in [2.75, 3.05) is 13.1 Å². The van der Waals surface area contributed by atoms with E-state index in [9.17, 15) is 0 Å². The fourth-order valence-electron chi connectivity index (χ4n) is 3.18. The molecule has 0 radical (unpaired) electrons. The third-order valence-electron chi connectivity index (χ3n) is 4.23. The average Bonchev–Trinajstić information content (AvgIpc) is 2.53. The first-order valence-corrected chi connectivity index (χ1v) is 7.44. The minimum atomic E-state index is 0.439. The molecule has 3 rings (SSSR count). The number of nitrogens with two attached hydrogens (primary N) is 1. The molecule has 2 N–H and O–H groups in total. The molecule has 2 aromatic carbocycles. The van der Waals surface area contributed by atoms with Crippen LogP contribution in [-0.2, 0) is 13.0 Å². The smallest absolute Gasteiger partial charge is 0.0363 e. The Morgan fingerprint density at radius 2 is 1.65 bits per heavy atom. The van der Waals surface area contributed by atoms with Crippen molar-refractivity contribution in [3.8, 4) is 0 Å². The van der Waals surface area contributed by atoms with Gasteiger partial charge in [-0.1, -0.05) is 54.6 Å². The predicted octanol–water partition coefficient (Wildman–Crippen LogP) is 3.13. The molecule has 1 heterocycles. The zero-order chi connectivity index (χ0) is 13.8. The molecular formula is C18H22N2. The van der Waals surface area contributed by atoms with E-state index in [0.29, 0.717) is 6.04 Å². The molecule has 2 heteroatoms.